The highest BCUT2D eigenvalue weighted by atomic mass is 19.1. The van der Waals surface area contributed by atoms with Crippen molar-refractivity contribution in [2.75, 3.05) is 5.73 Å². The smallest absolute Gasteiger partial charge is 0.163 e. The molecular formula is C18H14FN5O. The van der Waals surface area contributed by atoms with Gasteiger partial charge in [-0.15, -0.1) is 0 Å². The van der Waals surface area contributed by atoms with Crippen LogP contribution in [0, 0.1) is 5.82 Å². The number of rotatable bonds is 3. The van der Waals surface area contributed by atoms with Crippen LogP contribution >= 0.6 is 0 Å². The number of ether oxygens (including phenoxy) is 1. The number of aryl methyl sites for hydroxylation is 1. The van der Waals surface area contributed by atoms with E-state index in [1.54, 1.807) is 29.9 Å². The Morgan fingerprint density at radius 1 is 1.08 bits per heavy atom. The van der Waals surface area contributed by atoms with E-state index in [1.165, 1.54) is 18.5 Å². The number of anilines is 1. The van der Waals surface area contributed by atoms with Crippen LogP contribution in [-0.2, 0) is 7.05 Å². The summed E-state index contributed by atoms with van der Waals surface area (Å²) in [6, 6.07) is 13.4. The number of hydrogen-bond donors (Lipinski definition) is 1. The highest BCUT2D eigenvalue weighted by Crippen LogP contribution is 2.37. The van der Waals surface area contributed by atoms with Gasteiger partial charge in [0.1, 0.15) is 35.2 Å². The second kappa shape index (κ2) is 5.86. The second-order valence-electron chi connectivity index (χ2n) is 5.49. The first-order valence-corrected chi connectivity index (χ1v) is 7.59. The molecule has 2 heterocycles. The standard InChI is InChI=1S/C18H14FN5O/c1-24-18-15(17(20)21-10-22-18)16(23-24)13-8-7-11(19)9-14(13)25-12-5-3-2-4-6-12/h2-10H,1H3,(H2,20,21,22). The molecule has 124 valence electrons. The Kier molecular flexibility index (Phi) is 3.53. The van der Waals surface area contributed by atoms with E-state index in [0.717, 1.165) is 0 Å². The molecule has 4 rings (SSSR count). The lowest BCUT2D eigenvalue weighted by atomic mass is 10.1. The fourth-order valence-electron chi connectivity index (χ4n) is 2.69. The van der Waals surface area contributed by atoms with Crippen molar-refractivity contribution in [3.05, 3.63) is 60.7 Å². The first-order chi connectivity index (χ1) is 12.1. The van der Waals surface area contributed by atoms with Crippen molar-refractivity contribution in [1.29, 1.82) is 0 Å². The summed E-state index contributed by atoms with van der Waals surface area (Å²) < 4.78 is 21.3. The molecule has 2 aromatic heterocycles. The summed E-state index contributed by atoms with van der Waals surface area (Å²) in [5.74, 6) is 0.843. The largest absolute Gasteiger partial charge is 0.457 e. The van der Waals surface area contributed by atoms with Gasteiger partial charge in [-0.1, -0.05) is 18.2 Å². The highest BCUT2D eigenvalue weighted by molar-refractivity contribution is 5.99. The van der Waals surface area contributed by atoms with Gasteiger partial charge in [-0.05, 0) is 24.3 Å². The Morgan fingerprint density at radius 2 is 1.88 bits per heavy atom. The minimum atomic E-state index is -0.404. The van der Waals surface area contributed by atoms with Gasteiger partial charge in [-0.3, -0.25) is 0 Å². The van der Waals surface area contributed by atoms with E-state index < -0.39 is 5.82 Å². The van der Waals surface area contributed by atoms with Crippen LogP contribution in [0.5, 0.6) is 11.5 Å². The number of aromatic nitrogens is 4. The van der Waals surface area contributed by atoms with Crippen LogP contribution in [0.2, 0.25) is 0 Å². The topological polar surface area (TPSA) is 78.9 Å². The van der Waals surface area contributed by atoms with Crippen LogP contribution in [-0.4, -0.2) is 19.7 Å². The molecule has 6 nitrogen and oxygen atoms in total. The molecule has 0 radical (unpaired) electrons. The summed E-state index contributed by atoms with van der Waals surface area (Å²) in [5.41, 5.74) is 7.77. The summed E-state index contributed by atoms with van der Waals surface area (Å²) in [4.78, 5) is 8.25. The van der Waals surface area contributed by atoms with Gasteiger partial charge >= 0.3 is 0 Å². The molecule has 0 unspecified atom stereocenters. The summed E-state index contributed by atoms with van der Waals surface area (Å²) >= 11 is 0. The fourth-order valence-corrected chi connectivity index (χ4v) is 2.69. The molecule has 0 aliphatic carbocycles. The zero-order valence-electron chi connectivity index (χ0n) is 13.3. The molecule has 0 bridgehead atoms. The third-order valence-corrected chi connectivity index (χ3v) is 3.82. The zero-order chi connectivity index (χ0) is 17.4. The van der Waals surface area contributed by atoms with Crippen molar-refractivity contribution < 1.29 is 9.13 Å². The van der Waals surface area contributed by atoms with Crippen LogP contribution in [0.3, 0.4) is 0 Å². The van der Waals surface area contributed by atoms with Crippen LogP contribution in [0.25, 0.3) is 22.3 Å². The number of nitrogens with zero attached hydrogens (tertiary/aromatic N) is 4. The maximum absolute atomic E-state index is 13.8. The molecule has 0 atom stereocenters. The number of fused-ring (bicyclic) bond motifs is 1. The molecule has 7 heteroatoms. The summed E-state index contributed by atoms with van der Waals surface area (Å²) in [6.45, 7) is 0. The third-order valence-electron chi connectivity index (χ3n) is 3.82. The minimum absolute atomic E-state index is 0.308. The van der Waals surface area contributed by atoms with Gasteiger partial charge < -0.3 is 10.5 Å². The monoisotopic (exact) mass is 335 g/mol. The lowest BCUT2D eigenvalue weighted by molar-refractivity contribution is 0.478. The number of nitrogen functional groups attached to an aromatic ring is 1. The minimum Gasteiger partial charge on any atom is -0.457 e. The molecular weight excluding hydrogens is 321 g/mol. The number of para-hydroxylation sites is 1. The first-order valence-electron chi connectivity index (χ1n) is 7.59. The van der Waals surface area contributed by atoms with Gasteiger partial charge in [0.15, 0.2) is 5.65 Å². The summed E-state index contributed by atoms with van der Waals surface area (Å²) in [5, 5.41) is 5.09. The zero-order valence-corrected chi connectivity index (χ0v) is 13.3. The van der Waals surface area contributed by atoms with E-state index >= 15 is 0 Å². The lowest BCUT2D eigenvalue weighted by Crippen LogP contribution is -1.95. The molecule has 0 aliphatic rings. The first kappa shape index (κ1) is 15.1. The Balaban J connectivity index is 1.92. The predicted molar refractivity (Wildman–Crippen MR) is 92.6 cm³/mol. The molecule has 0 amide bonds. The van der Waals surface area contributed by atoms with Crippen molar-refractivity contribution in [2.24, 2.45) is 7.05 Å². The molecule has 0 saturated carbocycles. The van der Waals surface area contributed by atoms with E-state index in [4.69, 9.17) is 10.5 Å². The van der Waals surface area contributed by atoms with Crippen molar-refractivity contribution in [3.63, 3.8) is 0 Å². The average Bonchev–Trinajstić information content (AvgIpc) is 2.94. The fraction of sp³-hybridized carbons (Fsp3) is 0.0556. The van der Waals surface area contributed by atoms with Crippen LogP contribution in [0.4, 0.5) is 10.2 Å². The number of nitrogens with two attached hydrogens (primary N) is 1. The number of halogens is 1. The lowest BCUT2D eigenvalue weighted by Gasteiger charge is -2.10. The summed E-state index contributed by atoms with van der Waals surface area (Å²) in [6.07, 6.45) is 1.38. The highest BCUT2D eigenvalue weighted by Gasteiger charge is 2.19. The molecule has 0 spiro atoms. The van der Waals surface area contributed by atoms with Gasteiger partial charge in [0.25, 0.3) is 0 Å². The average molecular weight is 335 g/mol. The Bertz CT molecular complexity index is 1060. The summed E-state index contributed by atoms with van der Waals surface area (Å²) in [7, 11) is 1.76. The maximum atomic E-state index is 13.8. The SMILES string of the molecule is Cn1nc(-c2ccc(F)cc2Oc2ccccc2)c2c(N)ncnc21. The van der Waals surface area contributed by atoms with Crippen molar-refractivity contribution >= 4 is 16.9 Å². The molecule has 25 heavy (non-hydrogen) atoms. The van der Waals surface area contributed by atoms with Crippen LogP contribution < -0.4 is 10.5 Å². The molecule has 0 fully saturated rings. The van der Waals surface area contributed by atoms with Crippen molar-refractivity contribution in [2.45, 2.75) is 0 Å². The number of hydrogen-bond acceptors (Lipinski definition) is 5. The quantitative estimate of drug-likeness (QED) is 0.619. The van der Waals surface area contributed by atoms with Crippen LogP contribution in [0.15, 0.2) is 54.9 Å². The molecule has 2 aromatic carbocycles. The number of benzene rings is 2. The maximum Gasteiger partial charge on any atom is 0.163 e. The molecule has 0 aliphatic heterocycles. The van der Waals surface area contributed by atoms with E-state index in [2.05, 4.69) is 15.1 Å². The van der Waals surface area contributed by atoms with Gasteiger partial charge in [-0.25, -0.2) is 19.0 Å². The normalized spacial score (nSPS) is 11.0. The Labute approximate surface area is 142 Å². The predicted octanol–water partition coefficient (Wildman–Crippen LogP) is 3.54. The molecule has 0 saturated heterocycles. The second-order valence-corrected chi connectivity index (χ2v) is 5.49. The van der Waals surface area contributed by atoms with Crippen LogP contribution in [0.1, 0.15) is 0 Å². The van der Waals surface area contributed by atoms with E-state index in [-0.39, 0.29) is 0 Å². The molecule has 2 N–H and O–H groups in total. The van der Waals surface area contributed by atoms with Gasteiger partial charge in [-0.2, -0.15) is 5.10 Å². The van der Waals surface area contributed by atoms with Crippen molar-refractivity contribution in [3.8, 4) is 22.8 Å². The van der Waals surface area contributed by atoms with Crippen molar-refractivity contribution in [1.82, 2.24) is 19.7 Å². The van der Waals surface area contributed by atoms with E-state index in [1.807, 2.05) is 18.2 Å². The van der Waals surface area contributed by atoms with Gasteiger partial charge in [0.05, 0.1) is 5.39 Å². The molecule has 4 aromatic rings. The van der Waals surface area contributed by atoms with Gasteiger partial charge in [0, 0.05) is 18.7 Å². The van der Waals surface area contributed by atoms with E-state index in [0.29, 0.717) is 39.6 Å². The van der Waals surface area contributed by atoms with E-state index in [9.17, 15) is 4.39 Å². The Morgan fingerprint density at radius 3 is 2.68 bits per heavy atom. The Hall–Kier alpha value is -3.48. The third kappa shape index (κ3) is 2.65. The van der Waals surface area contributed by atoms with Gasteiger partial charge in [0.2, 0.25) is 0 Å².